The van der Waals surface area contributed by atoms with E-state index in [1.165, 1.54) is 10.9 Å². The molecule has 1 heterocycles. The predicted molar refractivity (Wildman–Crippen MR) is 79.1 cm³/mol. The van der Waals surface area contributed by atoms with Crippen molar-refractivity contribution in [2.75, 3.05) is 11.9 Å². The predicted octanol–water partition coefficient (Wildman–Crippen LogP) is 2.06. The molecule has 2 N–H and O–H groups in total. The number of aliphatic hydroxyl groups is 1. The monoisotopic (exact) mass is 293 g/mol. The zero-order valence-corrected chi connectivity index (χ0v) is 11.8. The number of halogens is 1. The minimum Gasteiger partial charge on any atom is -0.387 e. The fourth-order valence-corrected chi connectivity index (χ4v) is 2.03. The third kappa shape index (κ3) is 3.18. The Bertz CT molecular complexity index is 628. The molecule has 2 rings (SSSR count). The van der Waals surface area contributed by atoms with E-state index in [-0.39, 0.29) is 17.1 Å². The third-order valence-electron chi connectivity index (χ3n) is 2.95. The lowest BCUT2D eigenvalue weighted by Gasteiger charge is -2.14. The Balaban J connectivity index is 2.08. The first-order valence-electron chi connectivity index (χ1n) is 6.36. The van der Waals surface area contributed by atoms with Crippen molar-refractivity contribution in [1.82, 2.24) is 9.78 Å². The largest absolute Gasteiger partial charge is 0.387 e. The van der Waals surface area contributed by atoms with Gasteiger partial charge in [-0.1, -0.05) is 41.9 Å². The molecule has 0 bridgehead atoms. The molecule has 0 amide bonds. The standard InChI is InChI=1S/C14H16ClN3O2/c1-2-18-14(20)13(15)11(8-17-18)16-9-12(19)10-6-4-3-5-7-10/h3-8,12,16,19H,2,9H2,1H3. The van der Waals surface area contributed by atoms with E-state index in [1.807, 2.05) is 37.3 Å². The van der Waals surface area contributed by atoms with E-state index in [9.17, 15) is 9.90 Å². The van der Waals surface area contributed by atoms with Crippen LogP contribution >= 0.6 is 11.6 Å². The van der Waals surface area contributed by atoms with E-state index in [0.29, 0.717) is 12.2 Å². The van der Waals surface area contributed by atoms with Crippen molar-refractivity contribution in [2.24, 2.45) is 0 Å². The summed E-state index contributed by atoms with van der Waals surface area (Å²) in [6.07, 6.45) is 0.811. The number of aliphatic hydroxyl groups excluding tert-OH is 1. The fraction of sp³-hybridized carbons (Fsp3) is 0.286. The molecule has 0 aliphatic rings. The molecule has 1 unspecified atom stereocenters. The highest BCUT2D eigenvalue weighted by molar-refractivity contribution is 6.32. The van der Waals surface area contributed by atoms with E-state index >= 15 is 0 Å². The third-order valence-corrected chi connectivity index (χ3v) is 3.32. The first-order valence-corrected chi connectivity index (χ1v) is 6.73. The molecule has 0 saturated heterocycles. The second-order valence-electron chi connectivity index (χ2n) is 4.30. The van der Waals surface area contributed by atoms with Crippen molar-refractivity contribution in [3.63, 3.8) is 0 Å². The highest BCUT2D eigenvalue weighted by atomic mass is 35.5. The van der Waals surface area contributed by atoms with Gasteiger partial charge in [0, 0.05) is 13.1 Å². The number of aryl methyl sites for hydroxylation is 1. The Morgan fingerprint density at radius 3 is 2.75 bits per heavy atom. The van der Waals surface area contributed by atoms with E-state index in [0.717, 1.165) is 5.56 Å². The molecule has 0 spiro atoms. The smallest absolute Gasteiger partial charge is 0.287 e. The summed E-state index contributed by atoms with van der Waals surface area (Å²) in [7, 11) is 0. The summed E-state index contributed by atoms with van der Waals surface area (Å²) in [5, 5.41) is 17.0. The number of benzene rings is 1. The number of aromatic nitrogens is 2. The van der Waals surface area contributed by atoms with Crippen LogP contribution in [0.15, 0.2) is 41.3 Å². The van der Waals surface area contributed by atoms with Crippen LogP contribution in [0.5, 0.6) is 0 Å². The molecule has 106 valence electrons. The van der Waals surface area contributed by atoms with Crippen LogP contribution in [0.4, 0.5) is 5.69 Å². The summed E-state index contributed by atoms with van der Waals surface area (Å²) in [5.74, 6) is 0. The zero-order chi connectivity index (χ0) is 14.5. The van der Waals surface area contributed by atoms with Gasteiger partial charge in [0.05, 0.1) is 18.0 Å². The van der Waals surface area contributed by atoms with Gasteiger partial charge in [-0.3, -0.25) is 4.79 Å². The summed E-state index contributed by atoms with van der Waals surface area (Å²) in [6, 6.07) is 9.27. The Hall–Kier alpha value is -1.85. The van der Waals surface area contributed by atoms with Crippen LogP contribution in [0.3, 0.4) is 0 Å². The number of nitrogens with zero attached hydrogens (tertiary/aromatic N) is 2. The quantitative estimate of drug-likeness (QED) is 0.885. The lowest BCUT2D eigenvalue weighted by atomic mass is 10.1. The van der Waals surface area contributed by atoms with Gasteiger partial charge in [0.15, 0.2) is 0 Å². The molecule has 0 aliphatic heterocycles. The number of nitrogens with one attached hydrogen (secondary N) is 1. The molecule has 0 saturated carbocycles. The normalized spacial score (nSPS) is 12.2. The maximum atomic E-state index is 11.8. The van der Waals surface area contributed by atoms with Gasteiger partial charge < -0.3 is 10.4 Å². The molecule has 1 aromatic carbocycles. The van der Waals surface area contributed by atoms with Crippen LogP contribution in [-0.2, 0) is 6.54 Å². The molecular weight excluding hydrogens is 278 g/mol. The maximum absolute atomic E-state index is 11.8. The van der Waals surface area contributed by atoms with Crippen LogP contribution in [0, 0.1) is 0 Å². The minimum absolute atomic E-state index is 0.0853. The minimum atomic E-state index is -0.680. The second-order valence-corrected chi connectivity index (χ2v) is 4.68. The van der Waals surface area contributed by atoms with Crippen molar-refractivity contribution in [2.45, 2.75) is 19.6 Å². The Morgan fingerprint density at radius 2 is 2.10 bits per heavy atom. The van der Waals surface area contributed by atoms with Gasteiger partial charge in [0.1, 0.15) is 5.02 Å². The number of anilines is 1. The van der Waals surface area contributed by atoms with Gasteiger partial charge in [-0.05, 0) is 12.5 Å². The molecule has 5 nitrogen and oxygen atoms in total. The van der Waals surface area contributed by atoms with E-state index in [1.54, 1.807) is 0 Å². The zero-order valence-electron chi connectivity index (χ0n) is 11.1. The van der Waals surface area contributed by atoms with E-state index in [4.69, 9.17) is 11.6 Å². The fourth-order valence-electron chi connectivity index (χ4n) is 1.81. The SMILES string of the molecule is CCn1ncc(NCC(O)c2ccccc2)c(Cl)c1=O. The molecule has 0 aliphatic carbocycles. The van der Waals surface area contributed by atoms with Crippen molar-refractivity contribution in [1.29, 1.82) is 0 Å². The van der Waals surface area contributed by atoms with E-state index < -0.39 is 6.10 Å². The first-order chi connectivity index (χ1) is 9.63. The number of hydrogen-bond donors (Lipinski definition) is 2. The molecule has 1 aromatic heterocycles. The summed E-state index contributed by atoms with van der Waals surface area (Å²) in [5.41, 5.74) is 0.885. The maximum Gasteiger partial charge on any atom is 0.287 e. The highest BCUT2D eigenvalue weighted by Crippen LogP contribution is 2.18. The first kappa shape index (κ1) is 14.6. The summed E-state index contributed by atoms with van der Waals surface area (Å²) in [4.78, 5) is 11.8. The van der Waals surface area contributed by atoms with Gasteiger partial charge in [-0.2, -0.15) is 5.10 Å². The van der Waals surface area contributed by atoms with Gasteiger partial charge in [0.2, 0.25) is 0 Å². The number of rotatable bonds is 5. The molecule has 1 atom stereocenters. The van der Waals surface area contributed by atoms with Crippen molar-refractivity contribution < 1.29 is 5.11 Å². The molecule has 0 radical (unpaired) electrons. The van der Waals surface area contributed by atoms with E-state index in [2.05, 4.69) is 10.4 Å². The van der Waals surface area contributed by atoms with Crippen LogP contribution in [-0.4, -0.2) is 21.4 Å². The van der Waals surface area contributed by atoms with Gasteiger partial charge >= 0.3 is 0 Å². The van der Waals surface area contributed by atoms with Gasteiger partial charge in [0.25, 0.3) is 5.56 Å². The van der Waals surface area contributed by atoms with Crippen molar-refractivity contribution >= 4 is 17.3 Å². The van der Waals surface area contributed by atoms with Crippen LogP contribution < -0.4 is 10.9 Å². The van der Waals surface area contributed by atoms with Crippen LogP contribution in [0.25, 0.3) is 0 Å². The average molecular weight is 294 g/mol. The second kappa shape index (κ2) is 6.54. The van der Waals surface area contributed by atoms with Crippen LogP contribution in [0.1, 0.15) is 18.6 Å². The summed E-state index contributed by atoms with van der Waals surface area (Å²) >= 11 is 5.99. The summed E-state index contributed by atoms with van der Waals surface area (Å²) in [6.45, 7) is 2.53. The Labute approximate surface area is 121 Å². The molecule has 20 heavy (non-hydrogen) atoms. The topological polar surface area (TPSA) is 67.2 Å². The number of hydrogen-bond acceptors (Lipinski definition) is 4. The Kier molecular flexibility index (Phi) is 4.76. The average Bonchev–Trinajstić information content (AvgIpc) is 2.49. The molecule has 6 heteroatoms. The van der Waals surface area contributed by atoms with Crippen molar-refractivity contribution in [3.8, 4) is 0 Å². The molecule has 0 fully saturated rings. The van der Waals surface area contributed by atoms with Crippen LogP contribution in [0.2, 0.25) is 5.02 Å². The molecular formula is C14H16ClN3O2. The lowest BCUT2D eigenvalue weighted by molar-refractivity contribution is 0.191. The highest BCUT2D eigenvalue weighted by Gasteiger charge is 2.11. The Morgan fingerprint density at radius 1 is 1.40 bits per heavy atom. The molecule has 2 aromatic rings. The van der Waals surface area contributed by atoms with Gasteiger partial charge in [-0.25, -0.2) is 4.68 Å². The van der Waals surface area contributed by atoms with Gasteiger partial charge in [-0.15, -0.1) is 0 Å². The van der Waals surface area contributed by atoms with Crippen molar-refractivity contribution in [3.05, 3.63) is 57.5 Å². The summed E-state index contributed by atoms with van der Waals surface area (Å²) < 4.78 is 1.28. The lowest BCUT2D eigenvalue weighted by Crippen LogP contribution is -2.24.